The Kier molecular flexibility index (Phi) is 3.84. The molecular weight excluding hydrogens is 258 g/mol. The number of anilines is 1. The quantitative estimate of drug-likeness (QED) is 0.843. The molecule has 8 heteroatoms. The number of nitrogen functional groups attached to an aromatic ring is 1. The Hall–Kier alpha value is -2.22. The van der Waals surface area contributed by atoms with E-state index in [9.17, 15) is 0 Å². The van der Waals surface area contributed by atoms with Gasteiger partial charge in [0.1, 0.15) is 6.61 Å². The van der Waals surface area contributed by atoms with E-state index in [0.29, 0.717) is 12.6 Å². The molecule has 2 heterocycles. The summed E-state index contributed by atoms with van der Waals surface area (Å²) >= 11 is 0. The summed E-state index contributed by atoms with van der Waals surface area (Å²) in [7, 11) is 3.97. The van der Waals surface area contributed by atoms with Crippen molar-refractivity contribution in [3.63, 3.8) is 0 Å². The van der Waals surface area contributed by atoms with Crippen molar-refractivity contribution in [2.24, 2.45) is 0 Å². The highest BCUT2D eigenvalue weighted by Gasteiger charge is 2.22. The van der Waals surface area contributed by atoms with Crippen molar-refractivity contribution >= 4 is 5.95 Å². The zero-order chi connectivity index (χ0) is 14.8. The van der Waals surface area contributed by atoms with Crippen molar-refractivity contribution in [3.8, 4) is 12.0 Å². The maximum atomic E-state index is 5.67. The molecule has 0 aliphatic rings. The molecule has 108 valence electrons. The van der Waals surface area contributed by atoms with Crippen molar-refractivity contribution in [2.75, 3.05) is 26.4 Å². The average Bonchev–Trinajstić information content (AvgIpc) is 2.89. The van der Waals surface area contributed by atoms with E-state index in [0.717, 1.165) is 0 Å². The van der Waals surface area contributed by atoms with Crippen LogP contribution in [0.25, 0.3) is 5.95 Å². The first-order valence-electron chi connectivity index (χ1n) is 6.20. The molecule has 0 saturated carbocycles. The summed E-state index contributed by atoms with van der Waals surface area (Å²) in [6.45, 7) is 4.56. The van der Waals surface area contributed by atoms with Crippen LogP contribution in [0.1, 0.15) is 13.8 Å². The predicted octanol–water partition coefficient (Wildman–Crippen LogP) is 0.358. The zero-order valence-corrected chi connectivity index (χ0v) is 12.1. The van der Waals surface area contributed by atoms with Gasteiger partial charge in [0.2, 0.25) is 5.95 Å². The van der Waals surface area contributed by atoms with E-state index in [-0.39, 0.29) is 17.5 Å². The van der Waals surface area contributed by atoms with Crippen molar-refractivity contribution < 1.29 is 4.74 Å². The molecule has 8 nitrogen and oxygen atoms in total. The van der Waals surface area contributed by atoms with E-state index in [1.54, 1.807) is 18.5 Å². The molecule has 0 spiro atoms. The van der Waals surface area contributed by atoms with Crippen molar-refractivity contribution in [1.29, 1.82) is 0 Å². The molecule has 0 aromatic carbocycles. The molecule has 0 aliphatic carbocycles. The minimum Gasteiger partial charge on any atom is -0.461 e. The lowest BCUT2D eigenvalue weighted by atomic mass is 10.1. The van der Waals surface area contributed by atoms with Gasteiger partial charge in [0.25, 0.3) is 5.95 Å². The Morgan fingerprint density at radius 3 is 2.65 bits per heavy atom. The standard InChI is InChI=1S/C12H19N7O/c1-12(2,18(3)4)8-20-11-16-9(13)15-10(17-11)19-7-5-6-14-19/h5-7H,8H2,1-4H3,(H2,13,15,16,17). The summed E-state index contributed by atoms with van der Waals surface area (Å²) in [5, 5.41) is 4.05. The highest BCUT2D eigenvalue weighted by molar-refractivity contribution is 5.24. The Balaban J connectivity index is 2.17. The highest BCUT2D eigenvalue weighted by atomic mass is 16.5. The third-order valence-corrected chi connectivity index (χ3v) is 3.09. The Morgan fingerprint density at radius 2 is 2.05 bits per heavy atom. The number of rotatable bonds is 5. The number of nitrogens with zero attached hydrogens (tertiary/aromatic N) is 6. The second-order valence-corrected chi connectivity index (χ2v) is 5.22. The summed E-state index contributed by atoms with van der Waals surface area (Å²) in [4.78, 5) is 14.3. The van der Waals surface area contributed by atoms with Crippen LogP contribution in [0.4, 0.5) is 5.95 Å². The zero-order valence-electron chi connectivity index (χ0n) is 12.1. The van der Waals surface area contributed by atoms with E-state index in [1.807, 2.05) is 14.1 Å². The van der Waals surface area contributed by atoms with Gasteiger partial charge in [-0.1, -0.05) is 0 Å². The summed E-state index contributed by atoms with van der Waals surface area (Å²) in [6.07, 6.45) is 3.36. The fraction of sp³-hybridized carbons (Fsp3) is 0.500. The van der Waals surface area contributed by atoms with Crippen LogP contribution in [0.3, 0.4) is 0 Å². The number of ether oxygens (including phenoxy) is 1. The average molecular weight is 277 g/mol. The second-order valence-electron chi connectivity index (χ2n) is 5.22. The summed E-state index contributed by atoms with van der Waals surface area (Å²) in [6, 6.07) is 1.97. The third-order valence-electron chi connectivity index (χ3n) is 3.09. The molecule has 2 rings (SSSR count). The molecule has 0 fully saturated rings. The monoisotopic (exact) mass is 277 g/mol. The number of hydrogen-bond donors (Lipinski definition) is 1. The minimum absolute atomic E-state index is 0.100. The largest absolute Gasteiger partial charge is 0.461 e. The molecule has 0 radical (unpaired) electrons. The summed E-state index contributed by atoms with van der Waals surface area (Å²) < 4.78 is 7.13. The molecule has 0 bridgehead atoms. The SMILES string of the molecule is CN(C)C(C)(C)COc1nc(N)nc(-n2cccn2)n1. The molecule has 2 aromatic heterocycles. The van der Waals surface area contributed by atoms with Gasteiger partial charge in [-0.3, -0.25) is 0 Å². The molecule has 0 unspecified atom stereocenters. The van der Waals surface area contributed by atoms with Crippen LogP contribution in [0, 0.1) is 0 Å². The number of nitrogens with two attached hydrogens (primary N) is 1. The summed E-state index contributed by atoms with van der Waals surface area (Å²) in [5.74, 6) is 0.434. The number of aromatic nitrogens is 5. The van der Waals surface area contributed by atoms with E-state index >= 15 is 0 Å². The third kappa shape index (κ3) is 3.21. The molecule has 0 saturated heterocycles. The predicted molar refractivity (Wildman–Crippen MR) is 74.6 cm³/mol. The second kappa shape index (κ2) is 5.41. The van der Waals surface area contributed by atoms with Gasteiger partial charge in [-0.05, 0) is 34.0 Å². The van der Waals surface area contributed by atoms with Crippen LogP contribution in [0.15, 0.2) is 18.5 Å². The molecule has 0 aliphatic heterocycles. The van der Waals surface area contributed by atoms with Gasteiger partial charge in [-0.25, -0.2) is 4.68 Å². The number of likely N-dealkylation sites (N-methyl/N-ethyl adjacent to an activating group) is 1. The maximum absolute atomic E-state index is 5.67. The smallest absolute Gasteiger partial charge is 0.323 e. The lowest BCUT2D eigenvalue weighted by Crippen LogP contribution is -2.43. The molecule has 20 heavy (non-hydrogen) atoms. The number of hydrogen-bond acceptors (Lipinski definition) is 7. The molecular formula is C12H19N7O. The Morgan fingerprint density at radius 1 is 1.30 bits per heavy atom. The normalized spacial score (nSPS) is 11.8. The van der Waals surface area contributed by atoms with Gasteiger partial charge >= 0.3 is 6.01 Å². The topological polar surface area (TPSA) is 95.0 Å². The van der Waals surface area contributed by atoms with Crippen molar-refractivity contribution in [2.45, 2.75) is 19.4 Å². The molecule has 0 amide bonds. The van der Waals surface area contributed by atoms with E-state index in [4.69, 9.17) is 10.5 Å². The van der Waals surface area contributed by atoms with Gasteiger partial charge in [-0.2, -0.15) is 20.1 Å². The van der Waals surface area contributed by atoms with Crippen LogP contribution in [-0.4, -0.2) is 55.9 Å². The van der Waals surface area contributed by atoms with Gasteiger partial charge < -0.3 is 15.4 Å². The first kappa shape index (κ1) is 14.2. The molecule has 2 N–H and O–H groups in total. The van der Waals surface area contributed by atoms with Crippen LogP contribution in [-0.2, 0) is 0 Å². The Bertz CT molecular complexity index is 565. The first-order chi connectivity index (χ1) is 9.38. The molecule has 2 aromatic rings. The van der Waals surface area contributed by atoms with Gasteiger partial charge in [0, 0.05) is 17.9 Å². The van der Waals surface area contributed by atoms with Gasteiger partial charge in [0.15, 0.2) is 0 Å². The van der Waals surface area contributed by atoms with E-state index in [1.165, 1.54) is 4.68 Å². The van der Waals surface area contributed by atoms with Gasteiger partial charge in [0.05, 0.1) is 0 Å². The lowest BCUT2D eigenvalue weighted by molar-refractivity contribution is 0.107. The fourth-order valence-corrected chi connectivity index (χ4v) is 1.29. The Labute approximate surface area is 117 Å². The highest BCUT2D eigenvalue weighted by Crippen LogP contribution is 2.14. The van der Waals surface area contributed by atoms with Crippen LogP contribution in [0.2, 0.25) is 0 Å². The van der Waals surface area contributed by atoms with Crippen molar-refractivity contribution in [3.05, 3.63) is 18.5 Å². The lowest BCUT2D eigenvalue weighted by Gasteiger charge is -2.31. The molecule has 0 atom stereocenters. The van der Waals surface area contributed by atoms with Crippen molar-refractivity contribution in [1.82, 2.24) is 29.6 Å². The van der Waals surface area contributed by atoms with Crippen LogP contribution < -0.4 is 10.5 Å². The van der Waals surface area contributed by atoms with Crippen LogP contribution in [0.5, 0.6) is 6.01 Å². The van der Waals surface area contributed by atoms with E-state index < -0.39 is 0 Å². The maximum Gasteiger partial charge on any atom is 0.323 e. The minimum atomic E-state index is -0.146. The first-order valence-corrected chi connectivity index (χ1v) is 6.20. The summed E-state index contributed by atoms with van der Waals surface area (Å²) in [5.41, 5.74) is 5.53. The fourth-order valence-electron chi connectivity index (χ4n) is 1.29. The van der Waals surface area contributed by atoms with Gasteiger partial charge in [-0.15, -0.1) is 0 Å². The van der Waals surface area contributed by atoms with Crippen LogP contribution >= 0.6 is 0 Å². The van der Waals surface area contributed by atoms with E-state index in [2.05, 4.69) is 38.8 Å².